The van der Waals surface area contributed by atoms with Gasteiger partial charge in [-0.15, -0.1) is 0 Å². The Labute approximate surface area is 142 Å². The number of ether oxygens (including phenoxy) is 1. The van der Waals surface area contributed by atoms with E-state index >= 15 is 0 Å². The van der Waals surface area contributed by atoms with Crippen LogP contribution in [0.3, 0.4) is 0 Å². The third-order valence-corrected chi connectivity index (χ3v) is 4.05. The molecular weight excluding hydrogens is 298 g/mol. The van der Waals surface area contributed by atoms with Crippen LogP contribution in [-0.4, -0.2) is 12.0 Å². The van der Waals surface area contributed by atoms with E-state index in [4.69, 9.17) is 4.74 Å². The van der Waals surface area contributed by atoms with E-state index in [2.05, 4.69) is 11.4 Å². The number of hydrogen-bond acceptors (Lipinski definition) is 2. The van der Waals surface area contributed by atoms with Gasteiger partial charge in [-0.2, -0.15) is 0 Å². The molecule has 0 saturated heterocycles. The molecule has 3 nitrogen and oxygen atoms in total. The van der Waals surface area contributed by atoms with Gasteiger partial charge in [-0.1, -0.05) is 42.5 Å². The number of benzene rings is 3. The quantitative estimate of drug-likeness (QED) is 0.745. The first-order valence-electron chi connectivity index (χ1n) is 8.06. The van der Waals surface area contributed by atoms with Crippen LogP contribution >= 0.6 is 0 Å². The number of fused-ring (bicyclic) bond motifs is 1. The Kier molecular flexibility index (Phi) is 4.52. The van der Waals surface area contributed by atoms with Crippen molar-refractivity contribution in [3.05, 3.63) is 71.8 Å². The molecular formula is C21H21NO2. The van der Waals surface area contributed by atoms with Crippen molar-refractivity contribution in [1.29, 1.82) is 0 Å². The molecule has 1 atom stereocenters. The Morgan fingerprint density at radius 2 is 1.71 bits per heavy atom. The van der Waals surface area contributed by atoms with Crippen LogP contribution in [0.2, 0.25) is 0 Å². The first kappa shape index (κ1) is 16.1. The fourth-order valence-corrected chi connectivity index (χ4v) is 2.60. The summed E-state index contributed by atoms with van der Waals surface area (Å²) >= 11 is 0. The van der Waals surface area contributed by atoms with E-state index in [0.717, 1.165) is 27.6 Å². The second-order valence-electron chi connectivity index (χ2n) is 6.08. The molecule has 1 unspecified atom stereocenters. The zero-order chi connectivity index (χ0) is 17.1. The van der Waals surface area contributed by atoms with Gasteiger partial charge in [-0.25, -0.2) is 0 Å². The van der Waals surface area contributed by atoms with Gasteiger partial charge in [-0.3, -0.25) is 4.79 Å². The minimum atomic E-state index is -0.578. The topological polar surface area (TPSA) is 38.3 Å². The number of aryl methyl sites for hydroxylation is 2. The van der Waals surface area contributed by atoms with Gasteiger partial charge in [0.1, 0.15) is 5.75 Å². The molecule has 0 heterocycles. The summed E-state index contributed by atoms with van der Waals surface area (Å²) in [7, 11) is 0. The zero-order valence-corrected chi connectivity index (χ0v) is 14.2. The highest BCUT2D eigenvalue weighted by atomic mass is 16.5. The van der Waals surface area contributed by atoms with Gasteiger partial charge >= 0.3 is 0 Å². The number of carbonyl (C=O) groups is 1. The third-order valence-electron chi connectivity index (χ3n) is 4.05. The number of rotatable bonds is 4. The van der Waals surface area contributed by atoms with Crippen molar-refractivity contribution >= 4 is 22.4 Å². The molecule has 3 aromatic carbocycles. The lowest BCUT2D eigenvalue weighted by Gasteiger charge is -2.16. The van der Waals surface area contributed by atoms with Gasteiger partial charge in [0.15, 0.2) is 6.10 Å². The molecule has 24 heavy (non-hydrogen) atoms. The van der Waals surface area contributed by atoms with Gasteiger partial charge in [0.05, 0.1) is 0 Å². The largest absolute Gasteiger partial charge is 0.481 e. The van der Waals surface area contributed by atoms with Crippen LogP contribution in [0.5, 0.6) is 5.75 Å². The molecule has 0 aromatic heterocycles. The van der Waals surface area contributed by atoms with E-state index in [1.165, 1.54) is 0 Å². The van der Waals surface area contributed by atoms with Crippen molar-refractivity contribution in [1.82, 2.24) is 0 Å². The Bertz CT molecular complexity index is 886. The van der Waals surface area contributed by atoms with Gasteiger partial charge in [-0.05, 0) is 60.9 Å². The molecule has 3 rings (SSSR count). The van der Waals surface area contributed by atoms with E-state index < -0.39 is 6.10 Å². The number of carbonyl (C=O) groups excluding carboxylic acids is 1. The van der Waals surface area contributed by atoms with Crippen LogP contribution in [0.25, 0.3) is 10.8 Å². The smallest absolute Gasteiger partial charge is 0.265 e. The zero-order valence-electron chi connectivity index (χ0n) is 14.2. The number of amides is 1. The molecule has 0 bridgehead atoms. The molecule has 1 amide bonds. The van der Waals surface area contributed by atoms with Crippen molar-refractivity contribution in [2.24, 2.45) is 0 Å². The highest BCUT2D eigenvalue weighted by Gasteiger charge is 2.16. The Balaban J connectivity index is 1.72. The van der Waals surface area contributed by atoms with E-state index in [1.807, 2.05) is 68.4 Å². The molecule has 3 heteroatoms. The first-order valence-corrected chi connectivity index (χ1v) is 8.06. The summed E-state index contributed by atoms with van der Waals surface area (Å²) in [5.74, 6) is 0.536. The average Bonchev–Trinajstić information content (AvgIpc) is 2.58. The van der Waals surface area contributed by atoms with E-state index in [1.54, 1.807) is 6.92 Å². The van der Waals surface area contributed by atoms with Crippen LogP contribution < -0.4 is 10.1 Å². The fourth-order valence-electron chi connectivity index (χ4n) is 2.60. The highest BCUT2D eigenvalue weighted by Crippen LogP contribution is 2.22. The fraction of sp³-hybridized carbons (Fsp3) is 0.190. The third kappa shape index (κ3) is 3.57. The summed E-state index contributed by atoms with van der Waals surface area (Å²) in [5, 5.41) is 5.19. The highest BCUT2D eigenvalue weighted by molar-refractivity contribution is 5.95. The molecule has 1 N–H and O–H groups in total. The lowest BCUT2D eigenvalue weighted by Crippen LogP contribution is -2.30. The second-order valence-corrected chi connectivity index (χ2v) is 6.08. The summed E-state index contributed by atoms with van der Waals surface area (Å²) in [6, 6.07) is 19.9. The summed E-state index contributed by atoms with van der Waals surface area (Å²) < 4.78 is 5.81. The number of anilines is 1. The molecule has 122 valence electrons. The monoisotopic (exact) mass is 319 g/mol. The first-order chi connectivity index (χ1) is 11.5. The van der Waals surface area contributed by atoms with Gasteiger partial charge < -0.3 is 10.1 Å². The normalized spacial score (nSPS) is 12.0. The average molecular weight is 319 g/mol. The summed E-state index contributed by atoms with van der Waals surface area (Å²) in [5.41, 5.74) is 2.97. The van der Waals surface area contributed by atoms with Crippen LogP contribution in [0.4, 0.5) is 5.69 Å². The predicted octanol–water partition coefficient (Wildman–Crippen LogP) is 4.86. The Morgan fingerprint density at radius 3 is 2.50 bits per heavy atom. The maximum Gasteiger partial charge on any atom is 0.265 e. The minimum absolute atomic E-state index is 0.156. The number of hydrogen-bond donors (Lipinski definition) is 1. The van der Waals surface area contributed by atoms with E-state index in [0.29, 0.717) is 5.75 Å². The van der Waals surface area contributed by atoms with Crippen LogP contribution in [0, 0.1) is 13.8 Å². The van der Waals surface area contributed by atoms with Crippen molar-refractivity contribution < 1.29 is 9.53 Å². The molecule has 3 aromatic rings. The Morgan fingerprint density at radius 1 is 0.958 bits per heavy atom. The standard InChI is InChI=1S/C21H21NO2/c1-14-8-9-15(2)20(12-14)22-21(23)16(3)24-19-11-10-17-6-4-5-7-18(17)13-19/h4-13,16H,1-3H3,(H,22,23). The van der Waals surface area contributed by atoms with Crippen LogP contribution in [-0.2, 0) is 4.79 Å². The molecule has 0 saturated carbocycles. The van der Waals surface area contributed by atoms with Crippen LogP contribution in [0.15, 0.2) is 60.7 Å². The van der Waals surface area contributed by atoms with Crippen LogP contribution in [0.1, 0.15) is 18.1 Å². The summed E-state index contributed by atoms with van der Waals surface area (Å²) in [6.07, 6.45) is -0.578. The summed E-state index contributed by atoms with van der Waals surface area (Å²) in [6.45, 7) is 5.74. The molecule has 0 spiro atoms. The molecule has 0 aliphatic heterocycles. The Hall–Kier alpha value is -2.81. The lowest BCUT2D eigenvalue weighted by atomic mass is 10.1. The van der Waals surface area contributed by atoms with Crippen molar-refractivity contribution in [2.45, 2.75) is 26.9 Å². The van der Waals surface area contributed by atoms with Gasteiger partial charge in [0, 0.05) is 5.69 Å². The summed E-state index contributed by atoms with van der Waals surface area (Å²) in [4.78, 5) is 12.4. The molecule has 0 radical (unpaired) electrons. The van der Waals surface area contributed by atoms with Gasteiger partial charge in [0.2, 0.25) is 0 Å². The van der Waals surface area contributed by atoms with E-state index in [9.17, 15) is 4.79 Å². The van der Waals surface area contributed by atoms with Crippen molar-refractivity contribution in [3.63, 3.8) is 0 Å². The van der Waals surface area contributed by atoms with E-state index in [-0.39, 0.29) is 5.91 Å². The van der Waals surface area contributed by atoms with Crippen molar-refractivity contribution in [3.8, 4) is 5.75 Å². The second kappa shape index (κ2) is 6.75. The maximum absolute atomic E-state index is 12.4. The molecule has 0 fully saturated rings. The lowest BCUT2D eigenvalue weighted by molar-refractivity contribution is -0.122. The van der Waals surface area contributed by atoms with Crippen molar-refractivity contribution in [2.75, 3.05) is 5.32 Å². The predicted molar refractivity (Wildman–Crippen MR) is 98.6 cm³/mol. The minimum Gasteiger partial charge on any atom is -0.481 e. The number of nitrogens with one attached hydrogen (secondary N) is 1. The SMILES string of the molecule is Cc1ccc(C)c(NC(=O)C(C)Oc2ccc3ccccc3c2)c1. The molecule has 0 aliphatic carbocycles. The maximum atomic E-state index is 12.4. The molecule has 0 aliphatic rings. The van der Waals surface area contributed by atoms with Gasteiger partial charge in [0.25, 0.3) is 5.91 Å².